The number of methoxy groups -OCH3 is 2. The van der Waals surface area contributed by atoms with Crippen LogP contribution >= 0.6 is 45.9 Å². The molecule has 2 aromatic heterocycles. The number of benzene rings is 5. The predicted octanol–water partition coefficient (Wildman–Crippen LogP) is 9.87. The van der Waals surface area contributed by atoms with Crippen molar-refractivity contribution in [3.05, 3.63) is 203 Å². The van der Waals surface area contributed by atoms with E-state index in [0.717, 1.165) is 29.6 Å². The van der Waals surface area contributed by atoms with E-state index < -0.39 is 64.8 Å². The average molecular weight is 1480 g/mol. The molecule has 530 valence electrons. The van der Waals surface area contributed by atoms with E-state index in [9.17, 15) is 51.4 Å². The highest BCUT2D eigenvalue weighted by Gasteiger charge is 2.45. The number of aliphatic imine (C=N–C) groups is 2. The number of hydrogen-bond donors (Lipinski definition) is 4. The number of rotatable bonds is 18. The Hall–Kier alpha value is -9.82. The average Bonchev–Trinajstić information content (AvgIpc) is 1.21. The third kappa shape index (κ3) is 15.1. The number of carboxylic acids is 2. The number of amidine groups is 2. The molecular formula is C70H65Cl2F4N13O11S2. The van der Waals surface area contributed by atoms with E-state index in [1.54, 1.807) is 33.6 Å². The monoisotopic (exact) mass is 1470 g/mol. The van der Waals surface area contributed by atoms with Crippen LogP contribution in [-0.2, 0) is 28.6 Å². The van der Waals surface area contributed by atoms with Gasteiger partial charge in [0.1, 0.15) is 35.4 Å². The molecule has 14 rings (SSSR count). The van der Waals surface area contributed by atoms with Crippen molar-refractivity contribution >= 4 is 111 Å². The van der Waals surface area contributed by atoms with Crippen molar-refractivity contribution in [2.75, 3.05) is 114 Å². The highest BCUT2D eigenvalue weighted by atomic mass is 35.5. The van der Waals surface area contributed by atoms with Gasteiger partial charge in [-0.3, -0.25) is 34.4 Å². The van der Waals surface area contributed by atoms with Crippen LogP contribution in [0.4, 0.5) is 44.2 Å². The lowest BCUT2D eigenvalue weighted by Gasteiger charge is -2.38. The van der Waals surface area contributed by atoms with Gasteiger partial charge in [-0.25, -0.2) is 51.5 Å². The maximum Gasteiger partial charge on any atom is 0.338 e. The Morgan fingerprint density at radius 2 is 1.13 bits per heavy atom. The number of urea groups is 2. The third-order valence-corrected chi connectivity index (χ3v) is 20.8. The molecule has 5 atom stereocenters. The summed E-state index contributed by atoms with van der Waals surface area (Å²) in [5.41, 5.74) is 4.48. The minimum atomic E-state index is -1.42. The fourth-order valence-corrected chi connectivity index (χ4v) is 15.4. The quantitative estimate of drug-likeness (QED) is 0.0460. The van der Waals surface area contributed by atoms with Gasteiger partial charge in [0.2, 0.25) is 0 Å². The molecule has 4 N–H and O–H groups in total. The van der Waals surface area contributed by atoms with Gasteiger partial charge >= 0.3 is 35.9 Å². The maximum absolute atomic E-state index is 14.9. The second-order valence-electron chi connectivity index (χ2n) is 24.8. The molecule has 7 aliphatic heterocycles. The lowest BCUT2D eigenvalue weighted by atomic mass is 9.95. The fraction of sp³-hybridized carbons (Fsp3) is 0.314. The smallest absolute Gasteiger partial charge is 0.338 e. The highest BCUT2D eigenvalue weighted by Crippen LogP contribution is 2.41. The first-order chi connectivity index (χ1) is 49.2. The maximum atomic E-state index is 14.9. The Balaban J connectivity index is 0.000000182. The number of thiazole rings is 2. The number of halogens is 6. The lowest BCUT2D eigenvalue weighted by molar-refractivity contribution is -0.138. The standard InChI is InChI=1S/C35H28ClF3N6O5S.C35H37ClFN7O6S/c1-50-34(48)29-28(41-31(32-40-6-9-51-32)42-30(29)24-5-3-20(37)14-26(24)36)17-43-7-8-44-23(15-43)16-45(35(44)49)22-11-19(10-21(38)13-22)18-2-4-25(33(46)47)27(39)12-18;1-49-34(47)30-28(39-32(33-38-10-15-51-33)40-31(30)26-8-2-21(37)16-27(26)36)20-41-11-12-43-24(17-41)18-44(35(43)48)23-5-3-22(4-6-23)42-13-14-50-25(19-42)7-9-29(45)46/h2-6,9-14,23,30H,7-8,15-17H2,1H3,(H,41,42)(H,46,47);2-6,8,10,15-16,24-25,31H,7,9,11-14,17-20H2,1H3,(H,39,40)(H,45,46)/t23-,30-;24-,25+,31-/m00/s1. The predicted molar refractivity (Wildman–Crippen MR) is 373 cm³/mol. The van der Waals surface area contributed by atoms with Crippen LogP contribution in [0.2, 0.25) is 10.0 Å². The molecule has 5 saturated heterocycles. The molecule has 5 fully saturated rings. The number of piperazine rings is 2. The van der Waals surface area contributed by atoms with Crippen molar-refractivity contribution in [3.8, 4) is 11.1 Å². The van der Waals surface area contributed by atoms with Crippen LogP contribution in [0.5, 0.6) is 0 Å². The first-order valence-electron chi connectivity index (χ1n) is 32.3. The summed E-state index contributed by atoms with van der Waals surface area (Å²) in [4.78, 5) is 108. The van der Waals surface area contributed by atoms with Gasteiger partial charge in [0.05, 0.1) is 55.7 Å². The summed E-state index contributed by atoms with van der Waals surface area (Å²) in [5.74, 6) is -5.27. The number of amides is 4. The summed E-state index contributed by atoms with van der Waals surface area (Å²) >= 11 is 15.7. The van der Waals surface area contributed by atoms with Crippen molar-refractivity contribution in [1.29, 1.82) is 0 Å². The Morgan fingerprint density at radius 1 is 0.598 bits per heavy atom. The summed E-state index contributed by atoms with van der Waals surface area (Å²) < 4.78 is 73.6. The summed E-state index contributed by atoms with van der Waals surface area (Å²) in [6.07, 6.45) is 3.68. The van der Waals surface area contributed by atoms with Crippen LogP contribution in [-0.4, -0.2) is 205 Å². The summed E-state index contributed by atoms with van der Waals surface area (Å²) in [7, 11) is 2.56. The topological polar surface area (TPSA) is 268 Å². The molecule has 24 nitrogen and oxygen atoms in total. The van der Waals surface area contributed by atoms with Gasteiger partial charge in [-0.05, 0) is 96.4 Å². The SMILES string of the molecule is COC(=O)C1=C(CN2CCN3C(=O)N(c4cc(F)cc(-c5ccc(C(=O)O)c(F)c5)c4)C[C@@H]3C2)NC(c2nccs2)=N[C@H]1c1ccc(F)cc1Cl.COC(=O)C1=C(CN2CCN3C(=O)N(c4ccc(N5CCO[C@H](CCC(=O)O)C5)cc4)C[C@@H]3C2)NC(c2nccs2)=N[C@H]1c1ccc(F)cc1Cl. The van der Waals surface area contributed by atoms with E-state index in [1.165, 1.54) is 90.3 Å². The van der Waals surface area contributed by atoms with E-state index >= 15 is 0 Å². The number of nitrogens with zero attached hydrogens (tertiary/aromatic N) is 11. The van der Waals surface area contributed by atoms with Gasteiger partial charge in [-0.1, -0.05) is 41.4 Å². The lowest BCUT2D eigenvalue weighted by Crippen LogP contribution is -2.53. The van der Waals surface area contributed by atoms with Gasteiger partial charge in [-0.15, -0.1) is 22.7 Å². The molecule has 4 amide bonds. The minimum absolute atomic E-state index is 0.0537. The van der Waals surface area contributed by atoms with E-state index in [0.29, 0.717) is 123 Å². The van der Waals surface area contributed by atoms with Crippen LogP contribution in [0.3, 0.4) is 0 Å². The number of carbonyl (C=O) groups is 6. The Labute approximate surface area is 599 Å². The van der Waals surface area contributed by atoms with Crippen LogP contribution in [0.25, 0.3) is 11.1 Å². The first kappa shape index (κ1) is 70.6. The van der Waals surface area contributed by atoms with Crippen LogP contribution in [0, 0.1) is 23.3 Å². The van der Waals surface area contributed by atoms with Gasteiger partial charge in [0, 0.05) is 158 Å². The van der Waals surface area contributed by atoms with Crippen molar-refractivity contribution in [1.82, 2.24) is 40.2 Å². The van der Waals surface area contributed by atoms with Crippen LogP contribution in [0.15, 0.2) is 153 Å². The van der Waals surface area contributed by atoms with Crippen molar-refractivity contribution in [3.63, 3.8) is 0 Å². The number of hydrogen-bond acceptors (Lipinski definition) is 20. The molecule has 5 aromatic carbocycles. The molecule has 32 heteroatoms. The van der Waals surface area contributed by atoms with E-state index in [2.05, 4.69) is 35.3 Å². The molecular weight excluding hydrogens is 1410 g/mol. The number of aromatic carboxylic acids is 1. The normalized spacial score (nSPS) is 20.8. The number of nitrogens with one attached hydrogen (secondary N) is 2. The molecule has 7 aliphatic rings. The number of carboxylic acid groups (broad SMARTS) is 2. The number of anilines is 3. The molecule has 9 heterocycles. The zero-order valence-corrected chi connectivity index (χ0v) is 57.8. The van der Waals surface area contributed by atoms with Crippen LogP contribution < -0.4 is 25.3 Å². The van der Waals surface area contributed by atoms with Crippen molar-refractivity contribution in [2.45, 2.75) is 43.1 Å². The minimum Gasteiger partial charge on any atom is -0.481 e. The molecule has 7 aromatic rings. The van der Waals surface area contributed by atoms with Gasteiger partial charge < -0.3 is 49.8 Å². The van der Waals surface area contributed by atoms with Crippen molar-refractivity contribution < 1.29 is 70.8 Å². The molecule has 0 aliphatic carbocycles. The first-order valence-corrected chi connectivity index (χ1v) is 34.9. The van der Waals surface area contributed by atoms with E-state index in [-0.39, 0.29) is 87.8 Å². The van der Waals surface area contributed by atoms with Crippen molar-refractivity contribution in [2.24, 2.45) is 9.98 Å². The van der Waals surface area contributed by atoms with Gasteiger partial charge in [0.25, 0.3) is 0 Å². The number of esters is 2. The Bertz CT molecular complexity index is 4550. The molecule has 0 spiro atoms. The Kier molecular flexibility index (Phi) is 21.0. The van der Waals surface area contributed by atoms with Gasteiger partial charge in [-0.2, -0.15) is 0 Å². The highest BCUT2D eigenvalue weighted by molar-refractivity contribution is 7.12. The molecule has 0 radical (unpaired) electrons. The largest absolute Gasteiger partial charge is 0.481 e. The van der Waals surface area contributed by atoms with E-state index in [1.807, 2.05) is 34.5 Å². The number of aromatic nitrogens is 2. The zero-order valence-electron chi connectivity index (χ0n) is 54.6. The summed E-state index contributed by atoms with van der Waals surface area (Å²) in [6, 6.07) is 20.7. The second kappa shape index (κ2) is 30.4. The number of ether oxygens (including phenoxy) is 3. The fourth-order valence-electron chi connectivity index (χ4n) is 13.7. The summed E-state index contributed by atoms with van der Waals surface area (Å²) in [5, 5.41) is 29.9. The molecule has 0 unspecified atom stereocenters. The number of aliphatic carboxylic acids is 1. The third-order valence-electron chi connectivity index (χ3n) is 18.6. The zero-order chi connectivity index (χ0) is 71.6. The van der Waals surface area contributed by atoms with Crippen LogP contribution in [0.1, 0.15) is 56.4 Å². The molecule has 102 heavy (non-hydrogen) atoms. The molecule has 0 saturated carbocycles. The Morgan fingerprint density at radius 3 is 1.61 bits per heavy atom. The number of carbonyl (C=O) groups excluding carboxylic acids is 4. The number of fused-ring (bicyclic) bond motifs is 2. The molecule has 0 bridgehead atoms. The summed E-state index contributed by atoms with van der Waals surface area (Å²) in [6.45, 7) is 5.94. The number of morpholine rings is 1. The second-order valence-corrected chi connectivity index (χ2v) is 27.4. The van der Waals surface area contributed by atoms with Gasteiger partial charge in [0.15, 0.2) is 21.7 Å². The van der Waals surface area contributed by atoms with E-state index in [4.69, 9.17) is 52.5 Å².